The Morgan fingerprint density at radius 3 is 2.88 bits per heavy atom. The standard InChI is InChI=1S/C13H23NO2/c15-10-11-5-4-8-14(9-11)12-6-2-1-3-7-13(12)16/h11-12,15H,1-10H2. The molecule has 2 unspecified atom stereocenters. The molecule has 92 valence electrons. The highest BCUT2D eigenvalue weighted by molar-refractivity contribution is 5.84. The summed E-state index contributed by atoms with van der Waals surface area (Å²) in [5, 5.41) is 9.22. The minimum atomic E-state index is 0.164. The van der Waals surface area contributed by atoms with E-state index in [0.29, 0.717) is 11.7 Å². The van der Waals surface area contributed by atoms with Gasteiger partial charge in [-0.15, -0.1) is 0 Å². The molecule has 2 aliphatic rings. The molecule has 1 saturated heterocycles. The SMILES string of the molecule is O=C1CCCCCC1N1CCCC(CO)C1. The van der Waals surface area contributed by atoms with Crippen LogP contribution in [0.4, 0.5) is 0 Å². The molecule has 0 amide bonds. The first-order valence-electron chi connectivity index (χ1n) is 6.69. The number of nitrogens with zero attached hydrogens (tertiary/aromatic N) is 1. The highest BCUT2D eigenvalue weighted by Gasteiger charge is 2.30. The highest BCUT2D eigenvalue weighted by Crippen LogP contribution is 2.24. The number of carbonyl (C=O) groups excluding carboxylic acids is 1. The summed E-state index contributed by atoms with van der Waals surface area (Å²) in [5.41, 5.74) is 0. The fourth-order valence-electron chi connectivity index (χ4n) is 3.06. The number of hydrogen-bond donors (Lipinski definition) is 1. The number of ketones is 1. The third kappa shape index (κ3) is 2.83. The molecule has 1 aliphatic carbocycles. The molecular weight excluding hydrogens is 202 g/mol. The molecule has 0 radical (unpaired) electrons. The Balaban J connectivity index is 1.95. The predicted octanol–water partition coefficient (Wildman–Crippen LogP) is 1.59. The van der Waals surface area contributed by atoms with Crippen molar-refractivity contribution < 1.29 is 9.90 Å². The molecule has 0 aromatic carbocycles. The van der Waals surface area contributed by atoms with Crippen LogP contribution in [0.5, 0.6) is 0 Å². The maximum Gasteiger partial charge on any atom is 0.149 e. The van der Waals surface area contributed by atoms with E-state index < -0.39 is 0 Å². The molecule has 2 fully saturated rings. The molecule has 3 heteroatoms. The Kier molecular flexibility index (Phi) is 4.36. The van der Waals surface area contributed by atoms with Gasteiger partial charge >= 0.3 is 0 Å². The zero-order chi connectivity index (χ0) is 11.4. The van der Waals surface area contributed by atoms with Crippen LogP contribution in [0.2, 0.25) is 0 Å². The minimum absolute atomic E-state index is 0.164. The Morgan fingerprint density at radius 2 is 2.06 bits per heavy atom. The summed E-state index contributed by atoms with van der Waals surface area (Å²) in [4.78, 5) is 14.3. The van der Waals surface area contributed by atoms with Crippen LogP contribution >= 0.6 is 0 Å². The first kappa shape index (κ1) is 12.1. The number of Topliss-reactive ketones (excluding diaryl/α,β-unsaturated/α-hetero) is 1. The molecule has 0 aromatic rings. The molecule has 2 atom stereocenters. The van der Waals surface area contributed by atoms with E-state index in [4.69, 9.17) is 0 Å². The Labute approximate surface area is 97.8 Å². The summed E-state index contributed by atoms with van der Waals surface area (Å²) in [6, 6.07) is 0.164. The van der Waals surface area contributed by atoms with Crippen molar-refractivity contribution in [3.63, 3.8) is 0 Å². The molecule has 1 aliphatic heterocycles. The molecule has 0 bridgehead atoms. The van der Waals surface area contributed by atoms with Crippen LogP contribution in [0.25, 0.3) is 0 Å². The molecule has 3 nitrogen and oxygen atoms in total. The number of carbonyl (C=O) groups is 1. The van der Waals surface area contributed by atoms with Crippen molar-refractivity contribution >= 4 is 5.78 Å². The van der Waals surface area contributed by atoms with Crippen LogP contribution < -0.4 is 0 Å². The molecular formula is C13H23NO2. The third-order valence-electron chi connectivity index (χ3n) is 4.02. The average molecular weight is 225 g/mol. The van der Waals surface area contributed by atoms with E-state index in [-0.39, 0.29) is 12.6 Å². The van der Waals surface area contributed by atoms with Crippen molar-refractivity contribution in [2.24, 2.45) is 5.92 Å². The van der Waals surface area contributed by atoms with Crippen LogP contribution in [-0.2, 0) is 4.79 Å². The maximum atomic E-state index is 12.0. The lowest BCUT2D eigenvalue weighted by Crippen LogP contribution is -2.46. The van der Waals surface area contributed by atoms with Gasteiger partial charge in [-0.05, 0) is 38.1 Å². The van der Waals surface area contributed by atoms with Crippen molar-refractivity contribution in [1.29, 1.82) is 0 Å². The van der Waals surface area contributed by atoms with E-state index in [1.165, 1.54) is 12.8 Å². The lowest BCUT2D eigenvalue weighted by molar-refractivity contribution is -0.125. The monoisotopic (exact) mass is 225 g/mol. The van der Waals surface area contributed by atoms with Crippen LogP contribution in [-0.4, -0.2) is 41.5 Å². The lowest BCUT2D eigenvalue weighted by Gasteiger charge is -2.36. The number of hydrogen-bond acceptors (Lipinski definition) is 3. The van der Waals surface area contributed by atoms with E-state index >= 15 is 0 Å². The number of likely N-dealkylation sites (tertiary alicyclic amines) is 1. The van der Waals surface area contributed by atoms with Gasteiger partial charge in [-0.2, -0.15) is 0 Å². The topological polar surface area (TPSA) is 40.5 Å². The van der Waals surface area contributed by atoms with Gasteiger partial charge in [-0.1, -0.05) is 12.8 Å². The van der Waals surface area contributed by atoms with E-state index in [1.807, 2.05) is 0 Å². The predicted molar refractivity (Wildman–Crippen MR) is 63.3 cm³/mol. The van der Waals surface area contributed by atoms with E-state index in [2.05, 4.69) is 4.90 Å². The Bertz CT molecular complexity index is 242. The first-order chi connectivity index (χ1) is 7.81. The fourth-order valence-corrected chi connectivity index (χ4v) is 3.06. The zero-order valence-corrected chi connectivity index (χ0v) is 10.0. The van der Waals surface area contributed by atoms with Gasteiger partial charge in [0.25, 0.3) is 0 Å². The first-order valence-corrected chi connectivity index (χ1v) is 6.69. The summed E-state index contributed by atoms with van der Waals surface area (Å²) >= 11 is 0. The van der Waals surface area contributed by atoms with Crippen molar-refractivity contribution in [2.75, 3.05) is 19.7 Å². The van der Waals surface area contributed by atoms with E-state index in [0.717, 1.165) is 45.2 Å². The minimum Gasteiger partial charge on any atom is -0.396 e. The van der Waals surface area contributed by atoms with Gasteiger partial charge in [0.1, 0.15) is 5.78 Å². The summed E-state index contributed by atoms with van der Waals surface area (Å²) < 4.78 is 0. The molecule has 1 saturated carbocycles. The van der Waals surface area contributed by atoms with Gasteiger partial charge in [0.2, 0.25) is 0 Å². The van der Waals surface area contributed by atoms with Crippen molar-refractivity contribution in [1.82, 2.24) is 4.90 Å². The summed E-state index contributed by atoms with van der Waals surface area (Å²) in [5.74, 6) is 0.834. The van der Waals surface area contributed by atoms with Crippen molar-refractivity contribution in [2.45, 2.75) is 51.0 Å². The molecule has 1 heterocycles. The van der Waals surface area contributed by atoms with Crippen LogP contribution in [0.1, 0.15) is 44.9 Å². The Hall–Kier alpha value is -0.410. The molecule has 2 rings (SSSR count). The van der Waals surface area contributed by atoms with Gasteiger partial charge in [0.15, 0.2) is 0 Å². The molecule has 16 heavy (non-hydrogen) atoms. The maximum absolute atomic E-state index is 12.0. The van der Waals surface area contributed by atoms with Crippen LogP contribution in [0, 0.1) is 5.92 Å². The largest absolute Gasteiger partial charge is 0.396 e. The number of rotatable bonds is 2. The Morgan fingerprint density at radius 1 is 1.19 bits per heavy atom. The summed E-state index contributed by atoms with van der Waals surface area (Å²) in [6.07, 6.45) is 7.54. The molecule has 1 N–H and O–H groups in total. The highest BCUT2D eigenvalue weighted by atomic mass is 16.3. The quantitative estimate of drug-likeness (QED) is 0.726. The van der Waals surface area contributed by atoms with Crippen LogP contribution in [0.15, 0.2) is 0 Å². The second kappa shape index (κ2) is 5.78. The smallest absolute Gasteiger partial charge is 0.149 e. The number of aliphatic hydroxyl groups excluding tert-OH is 1. The number of aliphatic hydroxyl groups is 1. The second-order valence-electron chi connectivity index (χ2n) is 5.27. The number of piperidine rings is 1. The van der Waals surface area contributed by atoms with E-state index in [1.54, 1.807) is 0 Å². The third-order valence-corrected chi connectivity index (χ3v) is 4.02. The van der Waals surface area contributed by atoms with Crippen molar-refractivity contribution in [3.8, 4) is 0 Å². The van der Waals surface area contributed by atoms with Gasteiger partial charge in [-0.3, -0.25) is 9.69 Å². The van der Waals surface area contributed by atoms with Crippen molar-refractivity contribution in [3.05, 3.63) is 0 Å². The van der Waals surface area contributed by atoms with Gasteiger partial charge in [-0.25, -0.2) is 0 Å². The molecule has 0 spiro atoms. The van der Waals surface area contributed by atoms with Gasteiger partial charge in [0.05, 0.1) is 6.04 Å². The summed E-state index contributed by atoms with van der Waals surface area (Å²) in [6.45, 7) is 2.25. The van der Waals surface area contributed by atoms with Crippen LogP contribution in [0.3, 0.4) is 0 Å². The lowest BCUT2D eigenvalue weighted by atomic mass is 9.95. The zero-order valence-electron chi connectivity index (χ0n) is 10.0. The second-order valence-corrected chi connectivity index (χ2v) is 5.27. The summed E-state index contributed by atoms with van der Waals surface area (Å²) in [7, 11) is 0. The van der Waals surface area contributed by atoms with E-state index in [9.17, 15) is 9.90 Å². The average Bonchev–Trinajstić information content (AvgIpc) is 2.54. The molecule has 0 aromatic heterocycles. The van der Waals surface area contributed by atoms with Gasteiger partial charge in [0, 0.05) is 19.6 Å². The van der Waals surface area contributed by atoms with Gasteiger partial charge < -0.3 is 5.11 Å². The normalized spacial score (nSPS) is 33.7. The fraction of sp³-hybridized carbons (Fsp3) is 0.923.